The summed E-state index contributed by atoms with van der Waals surface area (Å²) >= 11 is 1.37. The highest BCUT2D eigenvalue weighted by Gasteiger charge is 2.14. The Morgan fingerprint density at radius 1 is 1.40 bits per heavy atom. The first kappa shape index (κ1) is 15.0. The zero-order valence-corrected chi connectivity index (χ0v) is 12.4. The molecule has 2 rings (SSSR count). The first-order valence-corrected chi connectivity index (χ1v) is 7.59. The van der Waals surface area contributed by atoms with Gasteiger partial charge in [-0.25, -0.2) is 4.39 Å². The summed E-state index contributed by atoms with van der Waals surface area (Å²) in [5, 5.41) is 7.17. The monoisotopic (exact) mass is 295 g/mol. The number of thioether (sulfide) groups is 1. The minimum absolute atomic E-state index is 0.176. The van der Waals surface area contributed by atoms with E-state index in [2.05, 4.69) is 22.4 Å². The van der Waals surface area contributed by atoms with Crippen molar-refractivity contribution in [1.82, 2.24) is 15.5 Å². The van der Waals surface area contributed by atoms with Gasteiger partial charge in [-0.1, -0.05) is 31.1 Å². The average Bonchev–Trinajstić information content (AvgIpc) is 2.93. The van der Waals surface area contributed by atoms with Gasteiger partial charge in [0.05, 0.1) is 5.75 Å². The summed E-state index contributed by atoms with van der Waals surface area (Å²) in [6.07, 6.45) is 0. The van der Waals surface area contributed by atoms with E-state index in [1.165, 1.54) is 17.8 Å². The summed E-state index contributed by atoms with van der Waals surface area (Å²) in [6, 6.07) is 6.68. The van der Waals surface area contributed by atoms with Crippen LogP contribution in [0.5, 0.6) is 0 Å². The lowest BCUT2D eigenvalue weighted by Gasteiger charge is -2.05. The van der Waals surface area contributed by atoms with Crippen LogP contribution in [0.15, 0.2) is 33.7 Å². The number of nitrogens with zero attached hydrogens (tertiary/aromatic N) is 2. The minimum Gasteiger partial charge on any atom is -0.339 e. The van der Waals surface area contributed by atoms with Crippen LogP contribution in [-0.2, 0) is 5.75 Å². The quantitative estimate of drug-likeness (QED) is 0.795. The third-order valence-corrected chi connectivity index (χ3v) is 3.84. The number of nitrogens with one attached hydrogen (secondary N) is 1. The smallest absolute Gasteiger partial charge is 0.230 e. The van der Waals surface area contributed by atoms with Crippen LogP contribution in [0.3, 0.4) is 0 Å². The number of halogens is 1. The van der Waals surface area contributed by atoms with E-state index in [0.717, 1.165) is 13.1 Å². The summed E-state index contributed by atoms with van der Waals surface area (Å²) in [5.74, 6) is 1.67. The molecule has 2 aromatic rings. The molecule has 1 aromatic carbocycles. The summed E-state index contributed by atoms with van der Waals surface area (Å²) in [5.41, 5.74) is 0. The van der Waals surface area contributed by atoms with Crippen LogP contribution in [0.2, 0.25) is 0 Å². The summed E-state index contributed by atoms with van der Waals surface area (Å²) in [4.78, 5) is 4.94. The normalized spacial score (nSPS) is 12.6. The van der Waals surface area contributed by atoms with Gasteiger partial charge in [0.15, 0.2) is 5.82 Å². The number of hydrogen-bond acceptors (Lipinski definition) is 5. The highest BCUT2D eigenvalue weighted by molar-refractivity contribution is 7.98. The molecule has 0 aliphatic carbocycles. The molecule has 0 amide bonds. The summed E-state index contributed by atoms with van der Waals surface area (Å²) in [7, 11) is 0. The molecule has 0 aliphatic rings. The molecule has 20 heavy (non-hydrogen) atoms. The van der Waals surface area contributed by atoms with Crippen molar-refractivity contribution in [2.75, 3.05) is 13.1 Å². The van der Waals surface area contributed by atoms with Crippen molar-refractivity contribution in [2.45, 2.75) is 30.4 Å². The average molecular weight is 295 g/mol. The lowest BCUT2D eigenvalue weighted by molar-refractivity contribution is 0.352. The number of rotatable bonds is 7. The Labute approximate surface area is 122 Å². The van der Waals surface area contributed by atoms with E-state index >= 15 is 0 Å². The minimum atomic E-state index is -0.221. The molecular formula is C14H18FN3OS. The summed E-state index contributed by atoms with van der Waals surface area (Å²) in [6.45, 7) is 5.80. The van der Waals surface area contributed by atoms with Crippen LogP contribution < -0.4 is 5.32 Å². The summed E-state index contributed by atoms with van der Waals surface area (Å²) < 4.78 is 18.7. The predicted octanol–water partition coefficient (Wildman–Crippen LogP) is 3.21. The Kier molecular flexibility index (Phi) is 5.55. The molecular weight excluding hydrogens is 277 g/mol. The molecule has 1 N–H and O–H groups in total. The van der Waals surface area contributed by atoms with Crippen LogP contribution in [0.25, 0.3) is 0 Å². The van der Waals surface area contributed by atoms with Crippen molar-refractivity contribution in [2.24, 2.45) is 0 Å². The second kappa shape index (κ2) is 7.40. The SMILES string of the molecule is CCNCC(C)c1nc(CSc2ccccc2F)no1. The van der Waals surface area contributed by atoms with Crippen molar-refractivity contribution >= 4 is 11.8 Å². The number of benzene rings is 1. The van der Waals surface area contributed by atoms with Crippen molar-refractivity contribution < 1.29 is 8.91 Å². The van der Waals surface area contributed by atoms with Gasteiger partial charge >= 0.3 is 0 Å². The fraction of sp³-hybridized carbons (Fsp3) is 0.429. The van der Waals surface area contributed by atoms with E-state index in [0.29, 0.717) is 22.4 Å². The predicted molar refractivity (Wildman–Crippen MR) is 77.2 cm³/mol. The molecule has 0 aliphatic heterocycles. The second-order valence-corrected chi connectivity index (χ2v) is 5.49. The molecule has 108 valence electrons. The van der Waals surface area contributed by atoms with Gasteiger partial charge < -0.3 is 9.84 Å². The first-order chi connectivity index (χ1) is 9.70. The van der Waals surface area contributed by atoms with Crippen LogP contribution in [0, 0.1) is 5.82 Å². The third-order valence-electron chi connectivity index (χ3n) is 2.80. The number of aromatic nitrogens is 2. The molecule has 1 aromatic heterocycles. The highest BCUT2D eigenvalue weighted by atomic mass is 32.2. The van der Waals surface area contributed by atoms with E-state index in [9.17, 15) is 4.39 Å². The molecule has 0 spiro atoms. The Balaban J connectivity index is 1.91. The molecule has 6 heteroatoms. The lowest BCUT2D eigenvalue weighted by atomic mass is 10.2. The van der Waals surface area contributed by atoms with E-state index < -0.39 is 0 Å². The van der Waals surface area contributed by atoms with Gasteiger partial charge in [0, 0.05) is 17.4 Å². The van der Waals surface area contributed by atoms with Crippen LogP contribution in [0.4, 0.5) is 4.39 Å². The molecule has 1 atom stereocenters. The number of likely N-dealkylation sites (N-methyl/N-ethyl adjacent to an activating group) is 1. The maximum absolute atomic E-state index is 13.5. The largest absolute Gasteiger partial charge is 0.339 e. The van der Waals surface area contributed by atoms with Gasteiger partial charge in [-0.15, -0.1) is 11.8 Å². The van der Waals surface area contributed by atoms with Gasteiger partial charge in [-0.3, -0.25) is 0 Å². The molecule has 0 saturated carbocycles. The van der Waals surface area contributed by atoms with Crippen molar-refractivity contribution in [3.8, 4) is 0 Å². The number of hydrogen-bond donors (Lipinski definition) is 1. The van der Waals surface area contributed by atoms with E-state index in [4.69, 9.17) is 4.52 Å². The Bertz CT molecular complexity index is 547. The molecule has 0 bridgehead atoms. The van der Waals surface area contributed by atoms with Crippen LogP contribution in [0.1, 0.15) is 31.5 Å². The van der Waals surface area contributed by atoms with Crippen molar-refractivity contribution in [1.29, 1.82) is 0 Å². The maximum Gasteiger partial charge on any atom is 0.230 e. The van der Waals surface area contributed by atoms with Gasteiger partial charge in [-0.2, -0.15) is 4.98 Å². The molecule has 0 saturated heterocycles. The maximum atomic E-state index is 13.5. The van der Waals surface area contributed by atoms with Gasteiger partial charge in [0.2, 0.25) is 5.89 Å². The van der Waals surface area contributed by atoms with E-state index in [1.54, 1.807) is 12.1 Å². The lowest BCUT2D eigenvalue weighted by Crippen LogP contribution is -2.19. The highest BCUT2D eigenvalue weighted by Crippen LogP contribution is 2.24. The zero-order chi connectivity index (χ0) is 14.4. The molecule has 0 radical (unpaired) electrons. The fourth-order valence-electron chi connectivity index (χ4n) is 1.68. The van der Waals surface area contributed by atoms with Crippen molar-refractivity contribution in [3.05, 3.63) is 41.8 Å². The second-order valence-electron chi connectivity index (χ2n) is 4.48. The van der Waals surface area contributed by atoms with Crippen LogP contribution in [-0.4, -0.2) is 23.2 Å². The Hall–Kier alpha value is -1.40. The van der Waals surface area contributed by atoms with Gasteiger partial charge in [0.1, 0.15) is 5.82 Å². The first-order valence-electron chi connectivity index (χ1n) is 6.61. The van der Waals surface area contributed by atoms with E-state index in [1.807, 2.05) is 13.0 Å². The zero-order valence-electron chi connectivity index (χ0n) is 11.6. The topological polar surface area (TPSA) is 51.0 Å². The molecule has 1 unspecified atom stereocenters. The van der Waals surface area contributed by atoms with Gasteiger partial charge in [-0.05, 0) is 18.7 Å². The fourth-order valence-corrected chi connectivity index (χ4v) is 2.46. The van der Waals surface area contributed by atoms with Crippen molar-refractivity contribution in [3.63, 3.8) is 0 Å². The molecule has 4 nitrogen and oxygen atoms in total. The Morgan fingerprint density at radius 3 is 2.95 bits per heavy atom. The van der Waals surface area contributed by atoms with Crippen LogP contribution >= 0.6 is 11.8 Å². The van der Waals surface area contributed by atoms with Gasteiger partial charge in [0.25, 0.3) is 0 Å². The molecule has 1 heterocycles. The molecule has 0 fully saturated rings. The Morgan fingerprint density at radius 2 is 2.20 bits per heavy atom. The van der Waals surface area contributed by atoms with E-state index in [-0.39, 0.29) is 11.7 Å². The standard InChI is InChI=1S/C14H18FN3OS/c1-3-16-8-10(2)14-17-13(18-19-14)9-20-12-7-5-4-6-11(12)15/h4-7,10,16H,3,8-9H2,1-2H3. The third kappa shape index (κ3) is 4.05.